The molecule has 1 heterocycles. The summed E-state index contributed by atoms with van der Waals surface area (Å²) >= 11 is 1.58. The van der Waals surface area contributed by atoms with Gasteiger partial charge in [0.15, 0.2) is 5.17 Å². The van der Waals surface area contributed by atoms with Gasteiger partial charge in [0.2, 0.25) is 0 Å². The van der Waals surface area contributed by atoms with Crippen LogP contribution in [0.25, 0.3) is 0 Å². The topological polar surface area (TPSA) is 24.4 Å². The molecular formula is C12H14F2N2S. The van der Waals surface area contributed by atoms with E-state index in [1.54, 1.807) is 11.8 Å². The predicted octanol–water partition coefficient (Wildman–Crippen LogP) is 3.50. The molecule has 1 atom stereocenters. The smallest absolute Gasteiger partial charge is 0.161 e. The molecule has 1 aromatic rings. The van der Waals surface area contributed by atoms with Crippen molar-refractivity contribution >= 4 is 22.6 Å². The van der Waals surface area contributed by atoms with Crippen molar-refractivity contribution in [2.24, 2.45) is 10.9 Å². The van der Waals surface area contributed by atoms with E-state index in [2.05, 4.69) is 24.2 Å². The second kappa shape index (κ2) is 5.04. The molecular weight excluding hydrogens is 242 g/mol. The normalized spacial score (nSPS) is 19.6. The molecule has 1 aromatic carbocycles. The summed E-state index contributed by atoms with van der Waals surface area (Å²) in [5, 5.41) is 3.90. The molecule has 0 amide bonds. The molecule has 0 spiro atoms. The summed E-state index contributed by atoms with van der Waals surface area (Å²) in [6.45, 7) is 4.97. The number of benzene rings is 1. The van der Waals surface area contributed by atoms with Crippen LogP contribution >= 0.6 is 11.8 Å². The van der Waals surface area contributed by atoms with Gasteiger partial charge in [-0.3, -0.25) is 4.99 Å². The van der Waals surface area contributed by atoms with Crippen molar-refractivity contribution in [2.45, 2.75) is 19.1 Å². The Bertz CT molecular complexity index is 446. The number of nitrogens with one attached hydrogen (secondary N) is 1. The van der Waals surface area contributed by atoms with Crippen LogP contribution in [0.2, 0.25) is 0 Å². The molecule has 2 nitrogen and oxygen atoms in total. The molecule has 1 N–H and O–H groups in total. The Morgan fingerprint density at radius 1 is 1.41 bits per heavy atom. The van der Waals surface area contributed by atoms with Gasteiger partial charge in [0.1, 0.15) is 11.6 Å². The maximum atomic E-state index is 13.4. The van der Waals surface area contributed by atoms with E-state index >= 15 is 0 Å². The maximum Gasteiger partial charge on any atom is 0.161 e. The van der Waals surface area contributed by atoms with Crippen molar-refractivity contribution in [3.05, 3.63) is 29.8 Å². The molecule has 1 unspecified atom stereocenters. The quantitative estimate of drug-likeness (QED) is 0.875. The molecule has 17 heavy (non-hydrogen) atoms. The highest BCUT2D eigenvalue weighted by Crippen LogP contribution is 2.28. The van der Waals surface area contributed by atoms with Gasteiger partial charge < -0.3 is 5.32 Å². The minimum absolute atomic E-state index is 0.139. The Balaban J connectivity index is 2.05. The fraction of sp³-hybridized carbons (Fsp3) is 0.417. The lowest BCUT2D eigenvalue weighted by atomic mass is 10.1. The lowest BCUT2D eigenvalue weighted by Crippen LogP contribution is -2.13. The fourth-order valence-electron chi connectivity index (χ4n) is 1.52. The minimum Gasteiger partial charge on any atom is -0.332 e. The van der Waals surface area contributed by atoms with Gasteiger partial charge in [0.05, 0.1) is 12.2 Å². The molecule has 2 rings (SSSR count). The number of rotatable bonds is 2. The zero-order valence-electron chi connectivity index (χ0n) is 9.71. The van der Waals surface area contributed by atoms with Crippen molar-refractivity contribution in [2.75, 3.05) is 11.9 Å². The highest BCUT2D eigenvalue weighted by atomic mass is 32.2. The van der Waals surface area contributed by atoms with Crippen LogP contribution in [0, 0.1) is 17.6 Å². The van der Waals surface area contributed by atoms with Crippen LogP contribution in [0.4, 0.5) is 14.5 Å². The summed E-state index contributed by atoms with van der Waals surface area (Å²) in [5.74, 6) is -0.416. The van der Waals surface area contributed by atoms with Crippen molar-refractivity contribution in [3.8, 4) is 0 Å². The SMILES string of the molecule is CC(C)C1CN=C(Nc2cc(F)ccc2F)S1. The molecule has 0 saturated heterocycles. The maximum absolute atomic E-state index is 13.4. The fourth-order valence-corrected chi connectivity index (χ4v) is 2.54. The number of hydrogen-bond acceptors (Lipinski definition) is 3. The number of hydrogen-bond donors (Lipinski definition) is 1. The van der Waals surface area contributed by atoms with Gasteiger partial charge in [-0.2, -0.15) is 0 Å². The Labute approximate surface area is 104 Å². The van der Waals surface area contributed by atoms with Gasteiger partial charge in [-0.15, -0.1) is 0 Å². The monoisotopic (exact) mass is 256 g/mol. The molecule has 5 heteroatoms. The summed E-state index contributed by atoms with van der Waals surface area (Å²) in [4.78, 5) is 4.28. The van der Waals surface area contributed by atoms with E-state index in [1.165, 1.54) is 0 Å². The summed E-state index contributed by atoms with van der Waals surface area (Å²) in [5.41, 5.74) is 0.139. The minimum atomic E-state index is -0.470. The van der Waals surface area contributed by atoms with Crippen LogP contribution in [0.15, 0.2) is 23.2 Å². The molecule has 0 radical (unpaired) electrons. The van der Waals surface area contributed by atoms with E-state index < -0.39 is 11.6 Å². The number of amidine groups is 1. The lowest BCUT2D eigenvalue weighted by Gasteiger charge is -2.12. The predicted molar refractivity (Wildman–Crippen MR) is 68.5 cm³/mol. The third-order valence-electron chi connectivity index (χ3n) is 2.59. The Morgan fingerprint density at radius 2 is 2.18 bits per heavy atom. The van der Waals surface area contributed by atoms with E-state index in [4.69, 9.17) is 0 Å². The first kappa shape index (κ1) is 12.4. The van der Waals surface area contributed by atoms with Gasteiger partial charge in [0, 0.05) is 11.3 Å². The second-order valence-corrected chi connectivity index (χ2v) is 5.52. The number of nitrogens with zero attached hydrogens (tertiary/aromatic N) is 1. The number of thioether (sulfide) groups is 1. The van der Waals surface area contributed by atoms with Gasteiger partial charge in [-0.1, -0.05) is 25.6 Å². The first-order chi connectivity index (χ1) is 8.06. The highest BCUT2D eigenvalue weighted by molar-refractivity contribution is 8.15. The zero-order valence-corrected chi connectivity index (χ0v) is 10.5. The summed E-state index contributed by atoms with van der Waals surface area (Å²) < 4.78 is 26.4. The second-order valence-electron chi connectivity index (χ2n) is 4.30. The molecule has 92 valence electrons. The molecule has 0 fully saturated rings. The first-order valence-electron chi connectivity index (χ1n) is 5.49. The van der Waals surface area contributed by atoms with Gasteiger partial charge in [0.25, 0.3) is 0 Å². The molecule has 0 bridgehead atoms. The molecule has 0 aromatic heterocycles. The third-order valence-corrected chi connectivity index (χ3v) is 4.04. The summed E-state index contributed by atoms with van der Waals surface area (Å²) in [6.07, 6.45) is 0. The van der Waals surface area contributed by atoms with E-state index in [9.17, 15) is 8.78 Å². The number of halogens is 2. The van der Waals surface area contributed by atoms with Gasteiger partial charge >= 0.3 is 0 Å². The number of aliphatic imine (C=N–C) groups is 1. The number of anilines is 1. The van der Waals surface area contributed by atoms with E-state index in [0.717, 1.165) is 24.7 Å². The Kier molecular flexibility index (Phi) is 3.66. The Hall–Kier alpha value is -1.10. The van der Waals surface area contributed by atoms with E-state index in [1.807, 2.05) is 0 Å². The third kappa shape index (κ3) is 2.97. The van der Waals surface area contributed by atoms with Crippen LogP contribution in [0.5, 0.6) is 0 Å². The van der Waals surface area contributed by atoms with Crippen LogP contribution in [0.1, 0.15) is 13.8 Å². The van der Waals surface area contributed by atoms with Crippen LogP contribution < -0.4 is 5.32 Å². The van der Waals surface area contributed by atoms with Crippen LogP contribution in [-0.2, 0) is 0 Å². The molecule has 1 aliphatic rings. The summed E-state index contributed by atoms with van der Waals surface area (Å²) in [6, 6.07) is 3.35. The molecule has 0 aliphatic carbocycles. The molecule has 0 saturated carbocycles. The summed E-state index contributed by atoms with van der Waals surface area (Å²) in [7, 11) is 0. The zero-order chi connectivity index (χ0) is 12.4. The van der Waals surface area contributed by atoms with E-state index in [-0.39, 0.29) is 5.69 Å². The Morgan fingerprint density at radius 3 is 2.82 bits per heavy atom. The van der Waals surface area contributed by atoms with Crippen molar-refractivity contribution in [3.63, 3.8) is 0 Å². The van der Waals surface area contributed by atoms with Gasteiger partial charge in [-0.25, -0.2) is 8.78 Å². The van der Waals surface area contributed by atoms with Crippen molar-refractivity contribution < 1.29 is 8.78 Å². The molecule has 1 aliphatic heterocycles. The lowest BCUT2D eigenvalue weighted by molar-refractivity contribution is 0.604. The van der Waals surface area contributed by atoms with Crippen LogP contribution in [0.3, 0.4) is 0 Å². The van der Waals surface area contributed by atoms with Crippen molar-refractivity contribution in [1.82, 2.24) is 0 Å². The standard InChI is InChI=1S/C12H14F2N2S/c1-7(2)11-6-15-12(17-11)16-10-5-8(13)3-4-9(10)14/h3-5,7,11H,6H2,1-2H3,(H,15,16). The highest BCUT2D eigenvalue weighted by Gasteiger charge is 2.23. The van der Waals surface area contributed by atoms with Crippen LogP contribution in [-0.4, -0.2) is 17.0 Å². The largest absolute Gasteiger partial charge is 0.332 e. The van der Waals surface area contributed by atoms with E-state index in [0.29, 0.717) is 16.3 Å². The van der Waals surface area contributed by atoms with Crippen molar-refractivity contribution in [1.29, 1.82) is 0 Å². The average Bonchev–Trinajstić information content (AvgIpc) is 2.72. The first-order valence-corrected chi connectivity index (χ1v) is 6.37. The van der Waals surface area contributed by atoms with Gasteiger partial charge in [-0.05, 0) is 18.1 Å². The average molecular weight is 256 g/mol.